The minimum Gasteiger partial charge on any atom is -0.354 e. The molecule has 0 bridgehead atoms. The maximum Gasteiger partial charge on any atom is 0.221 e. The lowest BCUT2D eigenvalue weighted by Crippen LogP contribution is -2.43. The summed E-state index contributed by atoms with van der Waals surface area (Å²) in [7, 11) is 0. The Balaban J connectivity index is 2.20. The zero-order valence-corrected chi connectivity index (χ0v) is 11.3. The van der Waals surface area contributed by atoms with Crippen LogP contribution in [0.1, 0.15) is 40.0 Å². The molecular weight excluding hydrogens is 214 g/mol. The highest BCUT2D eigenvalue weighted by Gasteiger charge is 2.28. The Labute approximate surface area is 105 Å². The summed E-state index contributed by atoms with van der Waals surface area (Å²) in [6.07, 6.45) is 3.21. The maximum atomic E-state index is 11.6. The van der Waals surface area contributed by atoms with E-state index in [1.54, 1.807) is 0 Å². The van der Waals surface area contributed by atoms with Crippen molar-refractivity contribution in [3.05, 3.63) is 0 Å². The van der Waals surface area contributed by atoms with Gasteiger partial charge < -0.3 is 16.4 Å². The van der Waals surface area contributed by atoms with Crippen LogP contribution in [-0.2, 0) is 4.79 Å². The Morgan fingerprint density at radius 2 is 2.00 bits per heavy atom. The average molecular weight is 241 g/mol. The largest absolute Gasteiger partial charge is 0.354 e. The van der Waals surface area contributed by atoms with Crippen molar-refractivity contribution in [2.45, 2.75) is 52.1 Å². The topological polar surface area (TPSA) is 67.2 Å². The molecule has 4 N–H and O–H groups in total. The monoisotopic (exact) mass is 241 g/mol. The number of nitrogens with one attached hydrogen (secondary N) is 2. The fraction of sp³-hybridized carbons (Fsp3) is 0.923. The molecule has 0 aromatic carbocycles. The van der Waals surface area contributed by atoms with Crippen LogP contribution in [0.15, 0.2) is 0 Å². The van der Waals surface area contributed by atoms with Crippen LogP contribution < -0.4 is 16.4 Å². The van der Waals surface area contributed by atoms with Crippen LogP contribution in [0.3, 0.4) is 0 Å². The molecule has 2 unspecified atom stereocenters. The molecule has 0 spiro atoms. The quantitative estimate of drug-likeness (QED) is 0.590. The lowest BCUT2D eigenvalue weighted by Gasteiger charge is -2.20. The molecule has 1 aliphatic rings. The summed E-state index contributed by atoms with van der Waals surface area (Å²) in [5.41, 5.74) is 5.69. The summed E-state index contributed by atoms with van der Waals surface area (Å²) >= 11 is 0. The molecular formula is C13H27N3O. The second kappa shape index (κ2) is 6.97. The molecule has 0 aromatic rings. The molecule has 0 radical (unpaired) electrons. The zero-order valence-electron chi connectivity index (χ0n) is 11.3. The van der Waals surface area contributed by atoms with E-state index in [4.69, 9.17) is 5.73 Å². The molecule has 4 heteroatoms. The first-order chi connectivity index (χ1) is 8.02. The van der Waals surface area contributed by atoms with Gasteiger partial charge in [0.2, 0.25) is 5.91 Å². The van der Waals surface area contributed by atoms with E-state index in [2.05, 4.69) is 17.6 Å². The van der Waals surface area contributed by atoms with Crippen molar-refractivity contribution in [2.24, 2.45) is 17.6 Å². The second-order valence-corrected chi connectivity index (χ2v) is 5.58. The van der Waals surface area contributed by atoms with Gasteiger partial charge in [-0.25, -0.2) is 0 Å². The lowest BCUT2D eigenvalue weighted by molar-refractivity contribution is -0.122. The second-order valence-electron chi connectivity index (χ2n) is 5.58. The molecule has 1 amide bonds. The maximum absolute atomic E-state index is 11.6. The summed E-state index contributed by atoms with van der Waals surface area (Å²) in [6.45, 7) is 7.70. The number of carbonyl (C=O) groups is 1. The Kier molecular flexibility index (Phi) is 5.92. The SMILES string of the molecule is CC(C)NC(=O)CC(CN)NCC(C)C1CC1. The lowest BCUT2D eigenvalue weighted by atomic mass is 10.1. The summed E-state index contributed by atoms with van der Waals surface area (Å²) in [5.74, 6) is 1.68. The van der Waals surface area contributed by atoms with Gasteiger partial charge in [0.25, 0.3) is 0 Å². The Morgan fingerprint density at radius 3 is 2.47 bits per heavy atom. The number of carbonyl (C=O) groups excluding carboxylic acids is 1. The fourth-order valence-electron chi connectivity index (χ4n) is 2.03. The van der Waals surface area contributed by atoms with Gasteiger partial charge in [-0.05, 0) is 45.1 Å². The van der Waals surface area contributed by atoms with Gasteiger partial charge in [0.15, 0.2) is 0 Å². The molecule has 100 valence electrons. The van der Waals surface area contributed by atoms with Gasteiger partial charge in [-0.2, -0.15) is 0 Å². The predicted octanol–water partition coefficient (Wildman–Crippen LogP) is 0.864. The number of rotatable bonds is 8. The van der Waals surface area contributed by atoms with Gasteiger partial charge in [0, 0.05) is 25.0 Å². The zero-order chi connectivity index (χ0) is 12.8. The molecule has 1 rings (SSSR count). The predicted molar refractivity (Wildman–Crippen MR) is 70.6 cm³/mol. The van der Waals surface area contributed by atoms with Gasteiger partial charge in [-0.1, -0.05) is 6.92 Å². The summed E-state index contributed by atoms with van der Waals surface area (Å²) in [4.78, 5) is 11.6. The minimum atomic E-state index is 0.0852. The Bertz CT molecular complexity index is 239. The van der Waals surface area contributed by atoms with Gasteiger partial charge >= 0.3 is 0 Å². The van der Waals surface area contributed by atoms with Crippen LogP contribution in [0.2, 0.25) is 0 Å². The van der Waals surface area contributed by atoms with Crippen LogP contribution in [0, 0.1) is 11.8 Å². The number of hydrogen-bond acceptors (Lipinski definition) is 3. The summed E-state index contributed by atoms with van der Waals surface area (Å²) in [6, 6.07) is 0.307. The van der Waals surface area contributed by atoms with Crippen molar-refractivity contribution in [2.75, 3.05) is 13.1 Å². The minimum absolute atomic E-state index is 0.0852. The van der Waals surface area contributed by atoms with Crippen LogP contribution in [0.25, 0.3) is 0 Å². The third-order valence-corrected chi connectivity index (χ3v) is 3.32. The average Bonchev–Trinajstić information content (AvgIpc) is 3.06. The normalized spacial score (nSPS) is 19.1. The molecule has 1 saturated carbocycles. The third kappa shape index (κ3) is 6.03. The molecule has 4 nitrogen and oxygen atoms in total. The van der Waals surface area contributed by atoms with Crippen molar-refractivity contribution in [1.29, 1.82) is 0 Å². The van der Waals surface area contributed by atoms with E-state index in [1.165, 1.54) is 12.8 Å². The van der Waals surface area contributed by atoms with Crippen molar-refractivity contribution in [3.63, 3.8) is 0 Å². The first-order valence-corrected chi connectivity index (χ1v) is 6.75. The van der Waals surface area contributed by atoms with Crippen molar-refractivity contribution < 1.29 is 4.79 Å². The van der Waals surface area contributed by atoms with E-state index in [-0.39, 0.29) is 18.0 Å². The van der Waals surface area contributed by atoms with Crippen LogP contribution >= 0.6 is 0 Å². The van der Waals surface area contributed by atoms with Gasteiger partial charge in [0.05, 0.1) is 0 Å². The molecule has 1 aliphatic carbocycles. The Morgan fingerprint density at radius 1 is 1.35 bits per heavy atom. The van der Waals surface area contributed by atoms with Crippen LogP contribution in [-0.4, -0.2) is 31.1 Å². The molecule has 17 heavy (non-hydrogen) atoms. The smallest absolute Gasteiger partial charge is 0.221 e. The van der Waals surface area contributed by atoms with E-state index in [9.17, 15) is 4.79 Å². The number of nitrogens with two attached hydrogens (primary N) is 1. The molecule has 1 fully saturated rings. The third-order valence-electron chi connectivity index (χ3n) is 3.32. The van der Waals surface area contributed by atoms with E-state index in [0.717, 1.165) is 12.5 Å². The van der Waals surface area contributed by atoms with Gasteiger partial charge in [-0.15, -0.1) is 0 Å². The summed E-state index contributed by atoms with van der Waals surface area (Å²) in [5, 5.41) is 6.30. The molecule has 0 heterocycles. The Hall–Kier alpha value is -0.610. The highest BCUT2D eigenvalue weighted by molar-refractivity contribution is 5.76. The highest BCUT2D eigenvalue weighted by Crippen LogP contribution is 2.36. The van der Waals surface area contributed by atoms with E-state index in [1.807, 2.05) is 13.8 Å². The molecule has 0 aliphatic heterocycles. The van der Waals surface area contributed by atoms with Crippen LogP contribution in [0.5, 0.6) is 0 Å². The van der Waals surface area contributed by atoms with Crippen molar-refractivity contribution in [1.82, 2.24) is 10.6 Å². The number of hydrogen-bond donors (Lipinski definition) is 3. The van der Waals surface area contributed by atoms with E-state index < -0.39 is 0 Å². The van der Waals surface area contributed by atoms with Crippen molar-refractivity contribution in [3.8, 4) is 0 Å². The first kappa shape index (κ1) is 14.5. The summed E-state index contributed by atoms with van der Waals surface area (Å²) < 4.78 is 0. The molecule has 2 atom stereocenters. The van der Waals surface area contributed by atoms with E-state index in [0.29, 0.717) is 18.9 Å². The van der Waals surface area contributed by atoms with Crippen LogP contribution in [0.4, 0.5) is 0 Å². The van der Waals surface area contributed by atoms with Gasteiger partial charge in [0.1, 0.15) is 0 Å². The first-order valence-electron chi connectivity index (χ1n) is 6.75. The number of amides is 1. The van der Waals surface area contributed by atoms with Gasteiger partial charge in [-0.3, -0.25) is 4.79 Å². The van der Waals surface area contributed by atoms with Crippen molar-refractivity contribution >= 4 is 5.91 Å². The standard InChI is InChI=1S/C13H27N3O/c1-9(2)16-13(17)6-12(7-14)15-8-10(3)11-4-5-11/h9-12,15H,4-8,14H2,1-3H3,(H,16,17). The highest BCUT2D eigenvalue weighted by atomic mass is 16.1. The molecule has 0 aromatic heterocycles. The fourth-order valence-corrected chi connectivity index (χ4v) is 2.03. The van der Waals surface area contributed by atoms with E-state index >= 15 is 0 Å². The molecule has 0 saturated heterocycles.